The Bertz CT molecular complexity index is 671. The lowest BCUT2D eigenvalue weighted by Gasteiger charge is -2.35. The van der Waals surface area contributed by atoms with Gasteiger partial charge in [-0.1, -0.05) is 0 Å². The van der Waals surface area contributed by atoms with Crippen molar-refractivity contribution < 1.29 is 0 Å². The van der Waals surface area contributed by atoms with Gasteiger partial charge in [-0.05, 0) is 19.4 Å². The molecule has 2 aromatic rings. The second kappa shape index (κ2) is 7.17. The van der Waals surface area contributed by atoms with E-state index in [4.69, 9.17) is 0 Å². The quantitative estimate of drug-likeness (QED) is 0.821. The molecule has 0 amide bonds. The van der Waals surface area contributed by atoms with Crippen molar-refractivity contribution in [2.24, 2.45) is 0 Å². The summed E-state index contributed by atoms with van der Waals surface area (Å²) in [6, 6.07) is 2.08. The number of nitrogens with zero attached hydrogens (tertiary/aromatic N) is 7. The van der Waals surface area contributed by atoms with Crippen LogP contribution in [0.5, 0.6) is 0 Å². The van der Waals surface area contributed by atoms with Crippen molar-refractivity contribution in [1.29, 1.82) is 0 Å². The fourth-order valence-corrected chi connectivity index (χ4v) is 2.93. The van der Waals surface area contributed by atoms with Gasteiger partial charge in [-0.25, -0.2) is 4.98 Å². The molecular weight excluding hydrogens is 302 g/mol. The van der Waals surface area contributed by atoms with Crippen LogP contribution < -0.4 is 9.80 Å². The Hall–Kier alpha value is -2.15. The van der Waals surface area contributed by atoms with Gasteiger partial charge in [0.15, 0.2) is 0 Å². The van der Waals surface area contributed by atoms with Gasteiger partial charge in [-0.15, -0.1) is 0 Å². The van der Waals surface area contributed by atoms with Gasteiger partial charge in [0.1, 0.15) is 5.82 Å². The summed E-state index contributed by atoms with van der Waals surface area (Å²) in [5, 5.41) is 4.36. The summed E-state index contributed by atoms with van der Waals surface area (Å²) in [4.78, 5) is 16.0. The smallest absolute Gasteiger partial charge is 0.226 e. The van der Waals surface area contributed by atoms with Crippen LogP contribution in [-0.2, 0) is 6.54 Å². The Morgan fingerprint density at radius 2 is 1.79 bits per heavy atom. The first-order valence-corrected chi connectivity index (χ1v) is 8.50. The summed E-state index contributed by atoms with van der Waals surface area (Å²) >= 11 is 0. The third kappa shape index (κ3) is 4.03. The van der Waals surface area contributed by atoms with Crippen LogP contribution in [-0.4, -0.2) is 71.5 Å². The molecular formula is C17H27N7. The fourth-order valence-electron chi connectivity index (χ4n) is 2.93. The molecule has 24 heavy (non-hydrogen) atoms. The topological polar surface area (TPSA) is 53.3 Å². The molecule has 0 unspecified atom stereocenters. The molecule has 2 aromatic heterocycles. The van der Waals surface area contributed by atoms with E-state index in [9.17, 15) is 0 Å². The molecule has 1 aliphatic heterocycles. The highest BCUT2D eigenvalue weighted by molar-refractivity contribution is 5.45. The molecule has 3 rings (SSSR count). The summed E-state index contributed by atoms with van der Waals surface area (Å²) in [6.45, 7) is 10.2. The van der Waals surface area contributed by atoms with Gasteiger partial charge in [-0.2, -0.15) is 10.1 Å². The Morgan fingerprint density at radius 3 is 2.42 bits per heavy atom. The zero-order valence-electron chi connectivity index (χ0n) is 15.1. The SMILES string of the molecule is Cc1cnn(CCN2CCN(c3cc(C)nc(N(C)C)n3)CC2)c1. The van der Waals surface area contributed by atoms with Crippen molar-refractivity contribution in [2.45, 2.75) is 20.4 Å². The summed E-state index contributed by atoms with van der Waals surface area (Å²) in [5.41, 5.74) is 2.23. The molecule has 0 N–H and O–H groups in total. The first-order chi connectivity index (χ1) is 11.5. The van der Waals surface area contributed by atoms with Crippen LogP contribution in [0.25, 0.3) is 0 Å². The van der Waals surface area contributed by atoms with Gasteiger partial charge in [0.2, 0.25) is 5.95 Å². The van der Waals surface area contributed by atoms with Gasteiger partial charge in [0, 0.05) is 64.8 Å². The Labute approximate surface area is 143 Å². The Kier molecular flexibility index (Phi) is 4.99. The lowest BCUT2D eigenvalue weighted by atomic mass is 10.3. The summed E-state index contributed by atoms with van der Waals surface area (Å²) < 4.78 is 2.03. The van der Waals surface area contributed by atoms with E-state index in [1.165, 1.54) is 5.56 Å². The third-order valence-corrected chi connectivity index (χ3v) is 4.33. The minimum absolute atomic E-state index is 0.779. The van der Waals surface area contributed by atoms with Crippen molar-refractivity contribution in [3.63, 3.8) is 0 Å². The molecule has 0 aliphatic carbocycles. The maximum Gasteiger partial charge on any atom is 0.226 e. The first-order valence-electron chi connectivity index (χ1n) is 8.50. The van der Waals surface area contributed by atoms with Crippen molar-refractivity contribution in [3.05, 3.63) is 29.7 Å². The molecule has 7 heteroatoms. The van der Waals surface area contributed by atoms with E-state index >= 15 is 0 Å². The Morgan fingerprint density at radius 1 is 1.04 bits per heavy atom. The Balaban J connectivity index is 1.55. The highest BCUT2D eigenvalue weighted by Gasteiger charge is 2.19. The van der Waals surface area contributed by atoms with E-state index in [2.05, 4.69) is 44.1 Å². The predicted octanol–water partition coefficient (Wildman–Crippen LogP) is 1.18. The molecule has 0 atom stereocenters. The molecule has 0 bridgehead atoms. The van der Waals surface area contributed by atoms with Crippen LogP contribution in [0.15, 0.2) is 18.5 Å². The van der Waals surface area contributed by atoms with E-state index in [-0.39, 0.29) is 0 Å². The van der Waals surface area contributed by atoms with E-state index in [1.54, 1.807) is 0 Å². The van der Waals surface area contributed by atoms with Crippen LogP contribution in [0.4, 0.5) is 11.8 Å². The second-order valence-electron chi connectivity index (χ2n) is 6.67. The minimum atomic E-state index is 0.779. The lowest BCUT2D eigenvalue weighted by molar-refractivity contribution is 0.244. The van der Waals surface area contributed by atoms with Crippen LogP contribution in [0.2, 0.25) is 0 Å². The average Bonchev–Trinajstić information content (AvgIpc) is 2.98. The first kappa shape index (κ1) is 16.7. The third-order valence-electron chi connectivity index (χ3n) is 4.33. The average molecular weight is 329 g/mol. The zero-order valence-corrected chi connectivity index (χ0v) is 15.1. The van der Waals surface area contributed by atoms with E-state index < -0.39 is 0 Å². The number of hydrogen-bond acceptors (Lipinski definition) is 6. The summed E-state index contributed by atoms with van der Waals surface area (Å²) in [5.74, 6) is 1.81. The van der Waals surface area contributed by atoms with Gasteiger partial charge in [0.25, 0.3) is 0 Å². The molecule has 0 radical (unpaired) electrons. The molecule has 3 heterocycles. The number of aryl methyl sites for hydroxylation is 2. The number of hydrogen-bond donors (Lipinski definition) is 0. The predicted molar refractivity (Wildman–Crippen MR) is 96.7 cm³/mol. The summed E-state index contributed by atoms with van der Waals surface area (Å²) in [7, 11) is 3.96. The normalized spacial score (nSPS) is 15.8. The number of rotatable bonds is 5. The van der Waals surface area contributed by atoms with Crippen LogP contribution in [0.1, 0.15) is 11.3 Å². The molecule has 0 saturated carbocycles. The van der Waals surface area contributed by atoms with Crippen molar-refractivity contribution in [2.75, 3.05) is 56.6 Å². The molecule has 0 spiro atoms. The highest BCUT2D eigenvalue weighted by Crippen LogP contribution is 2.18. The van der Waals surface area contributed by atoms with Gasteiger partial charge >= 0.3 is 0 Å². The molecule has 1 aliphatic rings. The molecule has 7 nitrogen and oxygen atoms in total. The maximum absolute atomic E-state index is 4.69. The van der Waals surface area contributed by atoms with Crippen LogP contribution in [0.3, 0.4) is 0 Å². The number of aromatic nitrogens is 4. The standard InChI is InChI=1S/C17H27N7/c1-14-12-18-24(13-14)10-7-22-5-8-23(9-6-22)16-11-15(2)19-17(20-16)21(3)4/h11-13H,5-10H2,1-4H3. The lowest BCUT2D eigenvalue weighted by Crippen LogP contribution is -2.47. The largest absolute Gasteiger partial charge is 0.354 e. The van der Waals surface area contributed by atoms with E-state index in [1.807, 2.05) is 36.8 Å². The zero-order chi connectivity index (χ0) is 17.1. The van der Waals surface area contributed by atoms with Gasteiger partial charge in [0.05, 0.1) is 12.7 Å². The number of piperazine rings is 1. The highest BCUT2D eigenvalue weighted by atomic mass is 15.3. The molecule has 130 valence electrons. The van der Waals surface area contributed by atoms with E-state index in [0.717, 1.165) is 56.7 Å². The number of anilines is 2. The molecule has 0 aromatic carbocycles. The molecule has 1 saturated heterocycles. The van der Waals surface area contributed by atoms with Crippen LogP contribution in [0, 0.1) is 13.8 Å². The van der Waals surface area contributed by atoms with Crippen molar-refractivity contribution in [3.8, 4) is 0 Å². The van der Waals surface area contributed by atoms with Crippen molar-refractivity contribution in [1.82, 2.24) is 24.6 Å². The second-order valence-corrected chi connectivity index (χ2v) is 6.67. The summed E-state index contributed by atoms with van der Waals surface area (Å²) in [6.07, 6.45) is 4.01. The minimum Gasteiger partial charge on any atom is -0.354 e. The van der Waals surface area contributed by atoms with Gasteiger partial charge in [-0.3, -0.25) is 9.58 Å². The maximum atomic E-state index is 4.69. The van der Waals surface area contributed by atoms with Crippen molar-refractivity contribution >= 4 is 11.8 Å². The monoisotopic (exact) mass is 329 g/mol. The fraction of sp³-hybridized carbons (Fsp3) is 0.588. The van der Waals surface area contributed by atoms with E-state index in [0.29, 0.717) is 0 Å². The van der Waals surface area contributed by atoms with Crippen LogP contribution >= 0.6 is 0 Å². The molecule has 1 fully saturated rings. The van der Waals surface area contributed by atoms with Gasteiger partial charge < -0.3 is 9.80 Å².